The summed E-state index contributed by atoms with van der Waals surface area (Å²) in [7, 11) is 0. The molecule has 3 aromatic rings. The molecule has 0 aliphatic heterocycles. The number of furan rings is 1. The van der Waals surface area contributed by atoms with Crippen molar-refractivity contribution in [3.05, 3.63) is 67.3 Å². The Bertz CT molecular complexity index is 1180. The van der Waals surface area contributed by atoms with Crippen molar-refractivity contribution in [1.29, 1.82) is 5.26 Å². The van der Waals surface area contributed by atoms with E-state index in [9.17, 15) is 15.4 Å². The van der Waals surface area contributed by atoms with Crippen LogP contribution < -0.4 is 0 Å². The van der Waals surface area contributed by atoms with Crippen LogP contribution >= 0.6 is 11.3 Å². The Hall–Kier alpha value is -3.24. The van der Waals surface area contributed by atoms with E-state index in [4.69, 9.17) is 4.42 Å². The first kappa shape index (κ1) is 19.1. The van der Waals surface area contributed by atoms with Gasteiger partial charge in [0.15, 0.2) is 0 Å². The zero-order valence-corrected chi connectivity index (χ0v) is 17.0. The highest BCUT2D eigenvalue weighted by molar-refractivity contribution is 7.16. The van der Waals surface area contributed by atoms with Crippen molar-refractivity contribution in [3.8, 4) is 17.4 Å². The number of benzene rings is 1. The molecule has 0 radical (unpaired) electrons. The lowest BCUT2D eigenvalue weighted by Gasteiger charge is -2.09. The van der Waals surface area contributed by atoms with Gasteiger partial charge in [-0.15, -0.1) is 11.3 Å². The normalized spacial score (nSPS) is 13.4. The summed E-state index contributed by atoms with van der Waals surface area (Å²) in [4.78, 5) is 16.7. The molecule has 1 aliphatic carbocycles. The Balaban J connectivity index is 1.66. The van der Waals surface area contributed by atoms with Gasteiger partial charge in [0, 0.05) is 22.1 Å². The number of rotatable bonds is 4. The highest BCUT2D eigenvalue weighted by Gasteiger charge is 2.21. The summed E-state index contributed by atoms with van der Waals surface area (Å²) in [5.41, 5.74) is 3.97. The van der Waals surface area contributed by atoms with Crippen LogP contribution in [0.4, 0.5) is 10.7 Å². The third-order valence-electron chi connectivity index (χ3n) is 5.19. The molecule has 0 unspecified atom stereocenters. The van der Waals surface area contributed by atoms with Gasteiger partial charge in [-0.1, -0.05) is 0 Å². The number of aliphatic imine (C=N–C) groups is 1. The average Bonchev–Trinajstić information content (AvgIpc) is 3.31. The zero-order valence-electron chi connectivity index (χ0n) is 16.2. The Morgan fingerprint density at radius 2 is 2.07 bits per heavy atom. The Labute approximate surface area is 172 Å². The molecule has 146 valence electrons. The minimum absolute atomic E-state index is 0.0782. The van der Waals surface area contributed by atoms with Gasteiger partial charge in [0.05, 0.1) is 16.7 Å². The molecule has 0 atom stereocenters. The molecule has 0 spiro atoms. The highest BCUT2D eigenvalue weighted by Crippen LogP contribution is 2.39. The predicted molar refractivity (Wildman–Crippen MR) is 113 cm³/mol. The van der Waals surface area contributed by atoms with Gasteiger partial charge in [0.25, 0.3) is 5.69 Å². The number of nitriles is 1. The maximum atomic E-state index is 11.3. The van der Waals surface area contributed by atoms with Gasteiger partial charge < -0.3 is 4.42 Å². The van der Waals surface area contributed by atoms with Crippen molar-refractivity contribution in [2.45, 2.75) is 39.5 Å². The van der Waals surface area contributed by atoms with Crippen LogP contribution in [-0.2, 0) is 12.8 Å². The smallest absolute Gasteiger partial charge is 0.273 e. The third-order valence-corrected chi connectivity index (χ3v) is 6.39. The van der Waals surface area contributed by atoms with Gasteiger partial charge in [-0.05, 0) is 68.9 Å². The molecule has 0 amide bonds. The van der Waals surface area contributed by atoms with Crippen LogP contribution in [0.15, 0.2) is 33.7 Å². The number of nitro benzene ring substituents is 1. The minimum atomic E-state index is -0.376. The van der Waals surface area contributed by atoms with Crippen LogP contribution in [-0.4, -0.2) is 11.1 Å². The Morgan fingerprint density at radius 3 is 2.83 bits per heavy atom. The quantitative estimate of drug-likeness (QED) is 0.301. The molecule has 0 bridgehead atoms. The maximum Gasteiger partial charge on any atom is 0.273 e. The first-order chi connectivity index (χ1) is 14.0. The lowest BCUT2D eigenvalue weighted by atomic mass is 9.96. The fourth-order valence-electron chi connectivity index (χ4n) is 3.73. The summed E-state index contributed by atoms with van der Waals surface area (Å²) < 4.78 is 5.89. The summed E-state index contributed by atoms with van der Waals surface area (Å²) in [6.45, 7) is 3.54. The number of hydrogen-bond donors (Lipinski definition) is 0. The van der Waals surface area contributed by atoms with Crippen molar-refractivity contribution in [2.75, 3.05) is 0 Å². The molecule has 29 heavy (non-hydrogen) atoms. The maximum absolute atomic E-state index is 11.3. The van der Waals surface area contributed by atoms with Gasteiger partial charge in [-0.3, -0.25) is 10.1 Å². The molecule has 4 rings (SSSR count). The van der Waals surface area contributed by atoms with Gasteiger partial charge in [0.1, 0.15) is 22.6 Å². The van der Waals surface area contributed by atoms with Crippen molar-refractivity contribution in [3.63, 3.8) is 0 Å². The van der Waals surface area contributed by atoms with Crippen LogP contribution in [0.2, 0.25) is 0 Å². The van der Waals surface area contributed by atoms with Crippen LogP contribution in [0.1, 0.15) is 45.7 Å². The molecule has 0 saturated heterocycles. The molecule has 2 heterocycles. The Kier molecular flexibility index (Phi) is 5.03. The SMILES string of the molecule is Cc1cc(-c2ccc(/C=N/c3sc4c(c3C#N)CCCC4)o2)c(C)c([N+](=O)[O-])c1. The first-order valence-electron chi connectivity index (χ1n) is 9.42. The van der Waals surface area contributed by atoms with Gasteiger partial charge in [-0.2, -0.15) is 5.26 Å². The van der Waals surface area contributed by atoms with Crippen molar-refractivity contribution >= 4 is 28.2 Å². The van der Waals surface area contributed by atoms with E-state index in [0.717, 1.165) is 41.8 Å². The molecular weight excluding hydrogens is 386 g/mol. The zero-order chi connectivity index (χ0) is 20.5. The standard InChI is InChI=1S/C22H19N3O3S/c1-13-9-17(14(2)19(10-13)25(26)27)20-8-7-15(28-20)12-24-22-18(11-23)16-5-3-4-6-21(16)29-22/h7-10,12H,3-6H2,1-2H3/b24-12+. The van der Waals surface area contributed by atoms with Gasteiger partial charge >= 0.3 is 0 Å². The molecule has 6 nitrogen and oxygen atoms in total. The molecule has 0 saturated carbocycles. The fourth-order valence-corrected chi connectivity index (χ4v) is 4.92. The van der Waals surface area contributed by atoms with Crippen LogP contribution in [0, 0.1) is 35.3 Å². The van der Waals surface area contributed by atoms with Crippen molar-refractivity contribution < 1.29 is 9.34 Å². The number of nitro groups is 1. The summed E-state index contributed by atoms with van der Waals surface area (Å²) in [6.07, 6.45) is 5.85. The van der Waals surface area contributed by atoms with E-state index in [1.807, 2.05) is 13.0 Å². The second-order valence-corrected chi connectivity index (χ2v) is 8.26. The summed E-state index contributed by atoms with van der Waals surface area (Å²) in [6, 6.07) is 9.32. The van der Waals surface area contributed by atoms with E-state index >= 15 is 0 Å². The molecule has 1 aromatic carbocycles. The van der Waals surface area contributed by atoms with E-state index in [1.54, 1.807) is 42.7 Å². The first-order valence-corrected chi connectivity index (χ1v) is 10.2. The van der Waals surface area contributed by atoms with Crippen molar-refractivity contribution in [2.24, 2.45) is 4.99 Å². The van der Waals surface area contributed by atoms with Crippen molar-refractivity contribution in [1.82, 2.24) is 0 Å². The minimum Gasteiger partial charge on any atom is -0.455 e. The fraction of sp³-hybridized carbons (Fsp3) is 0.273. The number of nitrogens with zero attached hydrogens (tertiary/aromatic N) is 3. The Morgan fingerprint density at radius 1 is 1.28 bits per heavy atom. The second-order valence-electron chi connectivity index (χ2n) is 7.18. The van der Waals surface area contributed by atoms with E-state index in [1.165, 1.54) is 4.88 Å². The second kappa shape index (κ2) is 7.64. The lowest BCUT2D eigenvalue weighted by molar-refractivity contribution is -0.385. The number of thiophene rings is 1. The average molecular weight is 405 g/mol. The molecule has 1 aliphatic rings. The van der Waals surface area contributed by atoms with Crippen LogP contribution in [0.3, 0.4) is 0 Å². The van der Waals surface area contributed by atoms with Crippen LogP contribution in [0.25, 0.3) is 11.3 Å². The monoisotopic (exact) mass is 405 g/mol. The summed E-state index contributed by atoms with van der Waals surface area (Å²) >= 11 is 1.58. The summed E-state index contributed by atoms with van der Waals surface area (Å²) in [5, 5.41) is 21.6. The third kappa shape index (κ3) is 3.59. The topological polar surface area (TPSA) is 92.4 Å². The molecule has 0 fully saturated rings. The molecular formula is C22H19N3O3S. The van der Waals surface area contributed by atoms with Gasteiger partial charge in [-0.25, -0.2) is 4.99 Å². The summed E-state index contributed by atoms with van der Waals surface area (Å²) in [5.74, 6) is 1.10. The highest BCUT2D eigenvalue weighted by atomic mass is 32.1. The van der Waals surface area contributed by atoms with E-state index in [-0.39, 0.29) is 10.6 Å². The molecule has 7 heteroatoms. The predicted octanol–water partition coefficient (Wildman–Crippen LogP) is 6.03. The molecule has 2 aromatic heterocycles. The van der Waals surface area contributed by atoms with Crippen LogP contribution in [0.5, 0.6) is 0 Å². The number of aryl methyl sites for hydroxylation is 2. The van der Waals surface area contributed by atoms with E-state index < -0.39 is 0 Å². The largest absolute Gasteiger partial charge is 0.455 e. The lowest BCUT2D eigenvalue weighted by Crippen LogP contribution is -1.99. The van der Waals surface area contributed by atoms with E-state index in [2.05, 4.69) is 11.1 Å². The molecule has 0 N–H and O–H groups in total. The van der Waals surface area contributed by atoms with Gasteiger partial charge in [0.2, 0.25) is 0 Å². The van der Waals surface area contributed by atoms with E-state index in [0.29, 0.717) is 28.2 Å². The number of hydrogen-bond acceptors (Lipinski definition) is 6. The number of fused-ring (bicyclic) bond motifs is 1.